The monoisotopic (exact) mass is 470 g/mol. The van der Waals surface area contributed by atoms with Crippen molar-refractivity contribution in [1.29, 1.82) is 0 Å². The summed E-state index contributed by atoms with van der Waals surface area (Å²) >= 11 is 0. The van der Waals surface area contributed by atoms with E-state index in [1.807, 2.05) is 24.3 Å². The second-order valence-corrected chi connectivity index (χ2v) is 10.9. The number of benzene rings is 1. The molecule has 1 aliphatic heterocycles. The lowest BCUT2D eigenvalue weighted by atomic mass is 9.79. The molecule has 0 bridgehead atoms. The van der Waals surface area contributed by atoms with Gasteiger partial charge in [0.2, 0.25) is 10.0 Å². The number of hydrogen-bond donors (Lipinski definition) is 2. The molecule has 1 saturated heterocycles. The van der Waals surface area contributed by atoms with E-state index in [1.54, 1.807) is 0 Å². The molecule has 33 heavy (non-hydrogen) atoms. The Morgan fingerprint density at radius 2 is 2.06 bits per heavy atom. The van der Waals surface area contributed by atoms with Crippen LogP contribution in [0.1, 0.15) is 25.3 Å². The average Bonchev–Trinajstić information content (AvgIpc) is 3.09. The summed E-state index contributed by atoms with van der Waals surface area (Å²) < 4.78 is 32.9. The first-order valence-corrected chi connectivity index (χ1v) is 13.3. The van der Waals surface area contributed by atoms with Crippen molar-refractivity contribution in [3.05, 3.63) is 36.8 Å². The van der Waals surface area contributed by atoms with Crippen molar-refractivity contribution < 1.29 is 13.2 Å². The topological polar surface area (TPSA) is 115 Å². The van der Waals surface area contributed by atoms with Gasteiger partial charge in [-0.2, -0.15) is 0 Å². The van der Waals surface area contributed by atoms with Crippen LogP contribution in [0.5, 0.6) is 5.75 Å². The molecule has 1 saturated carbocycles. The molecular formula is C23H30N6O3S. The molecule has 2 fully saturated rings. The van der Waals surface area contributed by atoms with Crippen LogP contribution in [0, 0.1) is 5.92 Å². The summed E-state index contributed by atoms with van der Waals surface area (Å²) in [5, 5.41) is 0.861. The molecule has 5 rings (SSSR count). The molecule has 3 heterocycles. The average molecular weight is 471 g/mol. The molecular weight excluding hydrogens is 440 g/mol. The van der Waals surface area contributed by atoms with Crippen LogP contribution in [0.2, 0.25) is 0 Å². The third-order valence-electron chi connectivity index (χ3n) is 6.59. The summed E-state index contributed by atoms with van der Waals surface area (Å²) in [5.41, 5.74) is 9.11. The van der Waals surface area contributed by atoms with Crippen LogP contribution in [0.3, 0.4) is 0 Å². The van der Waals surface area contributed by atoms with E-state index in [0.29, 0.717) is 17.6 Å². The normalized spacial score (nSPS) is 21.0. The molecule has 0 spiro atoms. The van der Waals surface area contributed by atoms with Crippen molar-refractivity contribution in [3.8, 4) is 16.9 Å². The summed E-state index contributed by atoms with van der Waals surface area (Å²) in [6.07, 6.45) is 8.44. The number of ether oxygens (including phenoxy) is 1. The first kappa shape index (κ1) is 22.1. The van der Waals surface area contributed by atoms with Gasteiger partial charge in [-0.15, -0.1) is 0 Å². The van der Waals surface area contributed by atoms with Crippen LogP contribution in [0.4, 0.5) is 5.82 Å². The van der Waals surface area contributed by atoms with E-state index in [4.69, 9.17) is 10.5 Å². The van der Waals surface area contributed by atoms with Crippen LogP contribution in [0.25, 0.3) is 22.2 Å². The highest BCUT2D eigenvalue weighted by Crippen LogP contribution is 2.43. The van der Waals surface area contributed by atoms with Gasteiger partial charge < -0.3 is 19.9 Å². The smallest absolute Gasteiger partial charge is 0.208 e. The standard InChI is InChI=1S/C23H30N6O3S/c1-33(30,31)27-6-9-32-19-5-2-4-17(12-19)20-14-29(23-21(20)22(24)25-15-26-23)18-10-16(11-18)13-28-7-3-8-28/h2,4-5,12,14-16,18,27H,3,6-11,13H2,1H3,(H2,24,25,26). The third kappa shape index (κ3) is 4.83. The van der Waals surface area contributed by atoms with E-state index in [2.05, 4.69) is 30.4 Å². The number of sulfonamides is 1. The van der Waals surface area contributed by atoms with Gasteiger partial charge in [-0.25, -0.2) is 23.1 Å². The molecule has 2 aliphatic rings. The molecule has 9 nitrogen and oxygen atoms in total. The molecule has 3 N–H and O–H groups in total. The number of nitrogens with one attached hydrogen (secondary N) is 1. The summed E-state index contributed by atoms with van der Waals surface area (Å²) in [6, 6.07) is 8.16. The zero-order chi connectivity index (χ0) is 23.0. The maximum absolute atomic E-state index is 11.2. The number of likely N-dealkylation sites (tertiary alicyclic amines) is 1. The van der Waals surface area contributed by atoms with Gasteiger partial charge >= 0.3 is 0 Å². The van der Waals surface area contributed by atoms with E-state index in [0.717, 1.165) is 47.2 Å². The molecule has 176 valence electrons. The minimum Gasteiger partial charge on any atom is -0.492 e. The van der Waals surface area contributed by atoms with Gasteiger partial charge in [0.1, 0.15) is 30.1 Å². The minimum atomic E-state index is -3.23. The number of anilines is 1. The Kier molecular flexibility index (Phi) is 5.98. The molecule has 0 radical (unpaired) electrons. The Morgan fingerprint density at radius 3 is 2.79 bits per heavy atom. The fourth-order valence-electron chi connectivity index (χ4n) is 4.76. The second kappa shape index (κ2) is 8.92. The Labute approximate surface area is 194 Å². The Bertz CT molecular complexity index is 1250. The summed E-state index contributed by atoms with van der Waals surface area (Å²) in [4.78, 5) is 11.4. The van der Waals surface area contributed by atoms with E-state index in [9.17, 15) is 8.42 Å². The number of fused-ring (bicyclic) bond motifs is 1. The largest absolute Gasteiger partial charge is 0.492 e. The Hall–Kier alpha value is -2.69. The lowest BCUT2D eigenvalue weighted by Crippen LogP contribution is -2.43. The number of rotatable bonds is 9. The fraction of sp³-hybridized carbons (Fsp3) is 0.478. The molecule has 0 unspecified atom stereocenters. The number of nitrogen functional groups attached to an aromatic ring is 1. The van der Waals surface area contributed by atoms with Crippen LogP contribution >= 0.6 is 0 Å². The number of nitrogens with two attached hydrogens (primary N) is 1. The van der Waals surface area contributed by atoms with Gasteiger partial charge in [-0.3, -0.25) is 0 Å². The van der Waals surface area contributed by atoms with Crippen LogP contribution in [-0.4, -0.2) is 66.9 Å². The SMILES string of the molecule is CS(=O)(=O)NCCOc1cccc(-c2cn(C3CC(CN4CCC4)C3)c3ncnc(N)c23)c1. The minimum absolute atomic E-state index is 0.212. The van der Waals surface area contributed by atoms with Gasteiger partial charge in [0.15, 0.2) is 0 Å². The van der Waals surface area contributed by atoms with Gasteiger partial charge in [-0.1, -0.05) is 12.1 Å². The first-order valence-electron chi connectivity index (χ1n) is 11.4. The van der Waals surface area contributed by atoms with Crippen LogP contribution in [-0.2, 0) is 10.0 Å². The molecule has 0 amide bonds. The first-order chi connectivity index (χ1) is 15.9. The number of nitrogens with zero attached hydrogens (tertiary/aromatic N) is 4. The lowest BCUT2D eigenvalue weighted by molar-refractivity contribution is 0.0921. The second-order valence-electron chi connectivity index (χ2n) is 9.10. The highest BCUT2D eigenvalue weighted by atomic mass is 32.2. The van der Waals surface area contributed by atoms with E-state index >= 15 is 0 Å². The lowest BCUT2D eigenvalue weighted by Gasteiger charge is -2.42. The van der Waals surface area contributed by atoms with Crippen molar-refractivity contribution >= 4 is 26.9 Å². The predicted molar refractivity (Wildman–Crippen MR) is 129 cm³/mol. The van der Waals surface area contributed by atoms with Crippen LogP contribution < -0.4 is 15.2 Å². The summed E-state index contributed by atoms with van der Waals surface area (Å²) in [6.45, 7) is 4.13. The van der Waals surface area contributed by atoms with Gasteiger partial charge in [0.25, 0.3) is 0 Å². The zero-order valence-corrected chi connectivity index (χ0v) is 19.6. The van der Waals surface area contributed by atoms with Crippen molar-refractivity contribution in [2.75, 3.05) is 44.8 Å². The van der Waals surface area contributed by atoms with Crippen molar-refractivity contribution in [2.45, 2.75) is 25.3 Å². The van der Waals surface area contributed by atoms with Gasteiger partial charge in [0.05, 0.1) is 11.6 Å². The molecule has 1 aromatic carbocycles. The maximum atomic E-state index is 11.2. The van der Waals surface area contributed by atoms with E-state index in [1.165, 1.54) is 32.4 Å². The summed E-state index contributed by atoms with van der Waals surface area (Å²) in [7, 11) is -3.23. The Balaban J connectivity index is 1.36. The molecule has 0 atom stereocenters. The molecule has 1 aliphatic carbocycles. The number of aromatic nitrogens is 3. The summed E-state index contributed by atoms with van der Waals surface area (Å²) in [5.74, 6) is 1.87. The highest BCUT2D eigenvalue weighted by molar-refractivity contribution is 7.88. The zero-order valence-electron chi connectivity index (χ0n) is 18.8. The quantitative estimate of drug-likeness (QED) is 0.461. The Morgan fingerprint density at radius 1 is 1.24 bits per heavy atom. The van der Waals surface area contributed by atoms with Gasteiger partial charge in [0, 0.05) is 30.9 Å². The van der Waals surface area contributed by atoms with Crippen molar-refractivity contribution in [3.63, 3.8) is 0 Å². The highest BCUT2D eigenvalue weighted by Gasteiger charge is 2.34. The predicted octanol–water partition coefficient (Wildman–Crippen LogP) is 2.27. The molecule has 10 heteroatoms. The van der Waals surface area contributed by atoms with Gasteiger partial charge in [-0.05, 0) is 56.0 Å². The fourth-order valence-corrected chi connectivity index (χ4v) is 5.22. The third-order valence-corrected chi connectivity index (χ3v) is 7.32. The maximum Gasteiger partial charge on any atom is 0.208 e. The molecule has 2 aromatic heterocycles. The number of hydrogen-bond acceptors (Lipinski definition) is 7. The molecule has 3 aromatic rings. The van der Waals surface area contributed by atoms with Crippen LogP contribution in [0.15, 0.2) is 36.8 Å². The van der Waals surface area contributed by atoms with Crippen molar-refractivity contribution in [2.24, 2.45) is 5.92 Å². The van der Waals surface area contributed by atoms with Crippen molar-refractivity contribution in [1.82, 2.24) is 24.2 Å². The van der Waals surface area contributed by atoms with E-state index in [-0.39, 0.29) is 13.2 Å². The van der Waals surface area contributed by atoms with E-state index < -0.39 is 10.0 Å².